The van der Waals surface area contributed by atoms with Crippen molar-refractivity contribution in [2.45, 2.75) is 50.4 Å². The van der Waals surface area contributed by atoms with Gasteiger partial charge in [0, 0.05) is 19.1 Å². The second-order valence-corrected chi connectivity index (χ2v) is 9.90. The molecule has 0 bridgehead atoms. The normalized spacial score (nSPS) is 22.8. The predicted octanol–water partition coefficient (Wildman–Crippen LogP) is 4.31. The van der Waals surface area contributed by atoms with Gasteiger partial charge in [0.1, 0.15) is 5.60 Å². The smallest absolute Gasteiger partial charge is 0.384 e. The summed E-state index contributed by atoms with van der Waals surface area (Å²) in [6, 6.07) is 8.48. The summed E-state index contributed by atoms with van der Waals surface area (Å²) in [5.41, 5.74) is 0.484. The molecule has 2 N–H and O–H groups in total. The summed E-state index contributed by atoms with van der Waals surface area (Å²) in [7, 11) is 0. The fourth-order valence-electron chi connectivity index (χ4n) is 5.27. The Bertz CT molecular complexity index is 1260. The van der Waals surface area contributed by atoms with Crippen LogP contribution >= 0.6 is 0 Å². The molecule has 1 aliphatic heterocycles. The maximum Gasteiger partial charge on any atom is 0.416 e. The van der Waals surface area contributed by atoms with Crippen LogP contribution in [0.3, 0.4) is 0 Å². The molecule has 0 radical (unpaired) electrons. The zero-order chi connectivity index (χ0) is 26.9. The number of hydrogen-bond acceptors (Lipinski definition) is 6. The van der Waals surface area contributed by atoms with Crippen molar-refractivity contribution in [3.05, 3.63) is 71.3 Å². The molecule has 202 valence electrons. The van der Waals surface area contributed by atoms with Crippen molar-refractivity contribution >= 4 is 11.6 Å². The summed E-state index contributed by atoms with van der Waals surface area (Å²) in [6.45, 7) is 5.04. The third-order valence-electron chi connectivity index (χ3n) is 7.54. The van der Waals surface area contributed by atoms with Gasteiger partial charge in [0.25, 0.3) is 5.91 Å². The van der Waals surface area contributed by atoms with Gasteiger partial charge in [-0.15, -0.1) is 0 Å². The number of ether oxygens (including phenoxy) is 1. The Hall–Kier alpha value is -3.28. The Labute approximate surface area is 218 Å². The van der Waals surface area contributed by atoms with E-state index in [4.69, 9.17) is 4.74 Å². The molecular formula is C27H30F3N5O3. The summed E-state index contributed by atoms with van der Waals surface area (Å²) in [6.07, 6.45) is 1.49. The molecular weight excluding hydrogens is 499 g/mol. The van der Waals surface area contributed by atoms with Gasteiger partial charge in [-0.25, -0.2) is 4.68 Å². The third-order valence-corrected chi connectivity index (χ3v) is 7.54. The van der Waals surface area contributed by atoms with E-state index in [1.807, 2.05) is 0 Å². The highest BCUT2D eigenvalue weighted by Gasteiger charge is 2.38. The number of aliphatic hydroxyl groups is 1. The van der Waals surface area contributed by atoms with Crippen molar-refractivity contribution in [3.8, 4) is 5.69 Å². The summed E-state index contributed by atoms with van der Waals surface area (Å²) >= 11 is 0. The van der Waals surface area contributed by atoms with Crippen LogP contribution in [0, 0.1) is 6.92 Å². The van der Waals surface area contributed by atoms with E-state index in [9.17, 15) is 23.1 Å². The van der Waals surface area contributed by atoms with Crippen molar-refractivity contribution in [3.63, 3.8) is 0 Å². The van der Waals surface area contributed by atoms with Gasteiger partial charge in [-0.05, 0) is 69.0 Å². The first-order chi connectivity index (χ1) is 18.1. The van der Waals surface area contributed by atoms with Crippen LogP contribution in [0.1, 0.15) is 53.0 Å². The number of carbonyl (C=O) groups excluding carboxylic acids is 1. The molecule has 11 heteroatoms. The topological polar surface area (TPSA) is 92.5 Å². The SMILES string of the molecule is Cc1c(C(=O)Nc2ccc(C3(O)CCC(N4CCOCC4)CC3)nc2)cnn1-c1ccc(C(F)(F)F)cc1. The van der Waals surface area contributed by atoms with Gasteiger partial charge in [-0.2, -0.15) is 18.3 Å². The molecule has 3 heterocycles. The molecule has 1 aromatic carbocycles. The maximum atomic E-state index is 12.9. The minimum atomic E-state index is -4.43. The first-order valence-corrected chi connectivity index (χ1v) is 12.7. The van der Waals surface area contributed by atoms with Crippen molar-refractivity contribution in [2.75, 3.05) is 31.6 Å². The fourth-order valence-corrected chi connectivity index (χ4v) is 5.27. The Kier molecular flexibility index (Phi) is 7.26. The van der Waals surface area contributed by atoms with Crippen molar-refractivity contribution in [2.24, 2.45) is 0 Å². The molecule has 8 nitrogen and oxygen atoms in total. The minimum Gasteiger partial charge on any atom is -0.384 e. The number of pyridine rings is 1. The van der Waals surface area contributed by atoms with Crippen LogP contribution in [0.25, 0.3) is 5.69 Å². The summed E-state index contributed by atoms with van der Waals surface area (Å²) in [4.78, 5) is 19.8. The Balaban J connectivity index is 1.22. The molecule has 2 aliphatic rings. The number of halogens is 3. The molecule has 5 rings (SSSR count). The highest BCUT2D eigenvalue weighted by atomic mass is 19.4. The van der Waals surface area contributed by atoms with Crippen LogP contribution in [0.5, 0.6) is 0 Å². The Morgan fingerprint density at radius 1 is 1.08 bits per heavy atom. The zero-order valence-corrected chi connectivity index (χ0v) is 21.0. The van der Waals surface area contributed by atoms with E-state index < -0.39 is 23.2 Å². The van der Waals surface area contributed by atoms with E-state index in [0.717, 1.165) is 51.3 Å². The molecule has 0 unspecified atom stereocenters. The zero-order valence-electron chi connectivity index (χ0n) is 21.0. The Morgan fingerprint density at radius 3 is 2.37 bits per heavy atom. The van der Waals surface area contributed by atoms with Crippen LogP contribution in [-0.2, 0) is 16.5 Å². The number of nitrogens with one attached hydrogen (secondary N) is 1. The predicted molar refractivity (Wildman–Crippen MR) is 134 cm³/mol. The third kappa shape index (κ3) is 5.45. The lowest BCUT2D eigenvalue weighted by atomic mass is 9.79. The second-order valence-electron chi connectivity index (χ2n) is 9.90. The molecule has 0 atom stereocenters. The van der Waals surface area contributed by atoms with Gasteiger partial charge in [0.15, 0.2) is 0 Å². The van der Waals surface area contributed by atoms with Crippen molar-refractivity contribution in [1.29, 1.82) is 0 Å². The number of morpholine rings is 1. The van der Waals surface area contributed by atoms with Crippen LogP contribution in [0.2, 0.25) is 0 Å². The highest BCUT2D eigenvalue weighted by molar-refractivity contribution is 6.04. The molecule has 1 aliphatic carbocycles. The van der Waals surface area contributed by atoms with Crippen LogP contribution < -0.4 is 5.32 Å². The van der Waals surface area contributed by atoms with Gasteiger partial charge in [-0.1, -0.05) is 0 Å². The number of hydrogen-bond donors (Lipinski definition) is 2. The summed E-state index contributed by atoms with van der Waals surface area (Å²) in [5, 5.41) is 18.2. The molecule has 1 saturated heterocycles. The van der Waals surface area contributed by atoms with Crippen LogP contribution in [-0.4, -0.2) is 63.0 Å². The molecule has 2 fully saturated rings. The average molecular weight is 530 g/mol. The van der Waals surface area contributed by atoms with E-state index in [1.165, 1.54) is 29.2 Å². The number of nitrogens with zero attached hydrogens (tertiary/aromatic N) is 4. The van der Waals surface area contributed by atoms with E-state index in [1.54, 1.807) is 19.1 Å². The average Bonchev–Trinajstić information content (AvgIpc) is 3.31. The standard InChI is InChI=1S/C27H30F3N5O3/c1-18-23(17-32-35(18)22-5-2-19(3-6-22)27(28,29)30)25(36)33-20-4-7-24(31-16-20)26(37)10-8-21(9-11-26)34-12-14-38-15-13-34/h2-7,16-17,21,37H,8-15H2,1H3,(H,33,36). The van der Waals surface area contributed by atoms with Gasteiger partial charge < -0.3 is 15.2 Å². The number of anilines is 1. The molecule has 2 aromatic heterocycles. The number of carbonyl (C=O) groups is 1. The number of aromatic nitrogens is 3. The summed E-state index contributed by atoms with van der Waals surface area (Å²) < 4.78 is 45.4. The van der Waals surface area contributed by atoms with Crippen molar-refractivity contribution in [1.82, 2.24) is 19.7 Å². The quantitative estimate of drug-likeness (QED) is 0.512. The lowest BCUT2D eigenvalue weighted by Crippen LogP contribution is -2.47. The lowest BCUT2D eigenvalue weighted by Gasteiger charge is -2.41. The molecule has 1 amide bonds. The maximum absolute atomic E-state index is 12.9. The Morgan fingerprint density at radius 2 is 1.76 bits per heavy atom. The van der Waals surface area contributed by atoms with Gasteiger partial charge >= 0.3 is 6.18 Å². The van der Waals surface area contributed by atoms with E-state index >= 15 is 0 Å². The van der Waals surface area contributed by atoms with E-state index in [0.29, 0.717) is 41.6 Å². The van der Waals surface area contributed by atoms with Gasteiger partial charge in [0.2, 0.25) is 0 Å². The highest BCUT2D eigenvalue weighted by Crippen LogP contribution is 2.38. The van der Waals surface area contributed by atoms with E-state index in [-0.39, 0.29) is 5.56 Å². The van der Waals surface area contributed by atoms with E-state index in [2.05, 4.69) is 20.3 Å². The summed E-state index contributed by atoms with van der Waals surface area (Å²) in [5.74, 6) is -0.417. The first kappa shape index (κ1) is 26.3. The lowest BCUT2D eigenvalue weighted by molar-refractivity contribution is -0.137. The molecule has 3 aromatic rings. The fraction of sp³-hybridized carbons (Fsp3) is 0.444. The second kappa shape index (κ2) is 10.5. The number of benzene rings is 1. The van der Waals surface area contributed by atoms with Crippen LogP contribution in [0.15, 0.2) is 48.8 Å². The molecule has 38 heavy (non-hydrogen) atoms. The largest absolute Gasteiger partial charge is 0.416 e. The first-order valence-electron chi connectivity index (χ1n) is 12.7. The van der Waals surface area contributed by atoms with Gasteiger partial charge in [-0.3, -0.25) is 14.7 Å². The minimum absolute atomic E-state index is 0.286. The molecule has 0 spiro atoms. The monoisotopic (exact) mass is 529 g/mol. The number of alkyl halides is 3. The number of amides is 1. The van der Waals surface area contributed by atoms with Gasteiger partial charge in [0.05, 0.1) is 59.5 Å². The molecule has 1 saturated carbocycles. The van der Waals surface area contributed by atoms with Crippen molar-refractivity contribution < 1.29 is 27.8 Å². The van der Waals surface area contributed by atoms with Crippen LogP contribution in [0.4, 0.5) is 18.9 Å². The number of rotatable bonds is 5.